The normalized spacial score (nSPS) is 11.8. The van der Waals surface area contributed by atoms with Crippen molar-refractivity contribution < 1.29 is 9.59 Å². The number of hydrogen-bond donors (Lipinski definition) is 2. The number of aryl methyl sites for hydroxylation is 2. The van der Waals surface area contributed by atoms with Gasteiger partial charge in [-0.3, -0.25) is 9.59 Å². The zero-order valence-corrected chi connectivity index (χ0v) is 11.3. The molecule has 0 aliphatic heterocycles. The van der Waals surface area contributed by atoms with Crippen molar-refractivity contribution in [2.75, 3.05) is 5.32 Å². The van der Waals surface area contributed by atoms with Crippen LogP contribution in [0, 0.1) is 13.8 Å². The predicted octanol–water partition coefficient (Wildman–Crippen LogP) is 2.16. The maximum Gasteiger partial charge on any atom is 0.313 e. The lowest BCUT2D eigenvalue weighted by molar-refractivity contribution is -0.136. The Balaban J connectivity index is 2.66. The number of benzene rings is 1. The summed E-state index contributed by atoms with van der Waals surface area (Å²) >= 11 is 0. The van der Waals surface area contributed by atoms with Crippen LogP contribution < -0.4 is 10.6 Å². The Hall–Kier alpha value is -1.84. The number of carbonyl (C=O) groups excluding carboxylic acids is 2. The van der Waals surface area contributed by atoms with Crippen molar-refractivity contribution in [1.82, 2.24) is 5.32 Å². The predicted molar refractivity (Wildman–Crippen MR) is 72.4 cm³/mol. The second-order valence-corrected chi connectivity index (χ2v) is 4.61. The first-order chi connectivity index (χ1) is 8.42. The topological polar surface area (TPSA) is 58.2 Å². The lowest BCUT2D eigenvalue weighted by atomic mass is 10.1. The Morgan fingerprint density at radius 2 is 1.67 bits per heavy atom. The summed E-state index contributed by atoms with van der Waals surface area (Å²) in [7, 11) is 0. The Bertz CT molecular complexity index is 435. The smallest absolute Gasteiger partial charge is 0.313 e. The minimum absolute atomic E-state index is 0.00231. The number of rotatable bonds is 3. The molecular formula is C14H20N2O2. The molecule has 4 heteroatoms. The van der Waals surface area contributed by atoms with Crippen molar-refractivity contribution in [3.05, 3.63) is 29.3 Å². The molecule has 0 aliphatic carbocycles. The fourth-order valence-corrected chi connectivity index (χ4v) is 1.63. The van der Waals surface area contributed by atoms with Crippen molar-refractivity contribution >= 4 is 17.5 Å². The highest BCUT2D eigenvalue weighted by molar-refractivity contribution is 6.39. The van der Waals surface area contributed by atoms with Gasteiger partial charge in [-0.25, -0.2) is 0 Å². The third-order valence-corrected chi connectivity index (χ3v) is 2.68. The molecule has 4 nitrogen and oxygen atoms in total. The van der Waals surface area contributed by atoms with E-state index in [9.17, 15) is 9.59 Å². The highest BCUT2D eigenvalue weighted by Crippen LogP contribution is 2.13. The van der Waals surface area contributed by atoms with Crippen LogP contribution in [-0.2, 0) is 9.59 Å². The maximum absolute atomic E-state index is 11.7. The van der Waals surface area contributed by atoms with Crippen molar-refractivity contribution in [2.24, 2.45) is 0 Å². The molecule has 1 atom stereocenters. The van der Waals surface area contributed by atoms with Gasteiger partial charge >= 0.3 is 11.8 Å². The molecule has 98 valence electrons. The summed E-state index contributed by atoms with van der Waals surface area (Å²) in [5, 5.41) is 5.23. The van der Waals surface area contributed by atoms with Gasteiger partial charge in [-0.1, -0.05) is 13.0 Å². The molecule has 1 aromatic rings. The molecule has 0 bridgehead atoms. The summed E-state index contributed by atoms with van der Waals surface area (Å²) in [6.07, 6.45) is 0.794. The van der Waals surface area contributed by atoms with E-state index < -0.39 is 11.8 Å². The summed E-state index contributed by atoms with van der Waals surface area (Å²) in [5.74, 6) is -1.22. The van der Waals surface area contributed by atoms with Gasteiger partial charge in [0.25, 0.3) is 0 Å². The van der Waals surface area contributed by atoms with Crippen LogP contribution in [-0.4, -0.2) is 17.9 Å². The zero-order valence-electron chi connectivity index (χ0n) is 11.3. The first kappa shape index (κ1) is 14.2. The summed E-state index contributed by atoms with van der Waals surface area (Å²) in [4.78, 5) is 23.2. The highest BCUT2D eigenvalue weighted by atomic mass is 16.2. The molecule has 0 saturated carbocycles. The first-order valence-corrected chi connectivity index (χ1v) is 6.12. The van der Waals surface area contributed by atoms with Crippen LogP contribution in [0.25, 0.3) is 0 Å². The molecule has 0 aromatic heterocycles. The molecule has 0 radical (unpaired) electrons. The van der Waals surface area contributed by atoms with Gasteiger partial charge in [0.15, 0.2) is 0 Å². The maximum atomic E-state index is 11.7. The van der Waals surface area contributed by atoms with Crippen LogP contribution >= 0.6 is 0 Å². The monoisotopic (exact) mass is 248 g/mol. The molecule has 0 unspecified atom stereocenters. The molecule has 18 heavy (non-hydrogen) atoms. The Morgan fingerprint density at radius 3 is 2.17 bits per heavy atom. The average molecular weight is 248 g/mol. The molecule has 0 saturated heterocycles. The van der Waals surface area contributed by atoms with E-state index in [0.717, 1.165) is 17.5 Å². The molecule has 0 fully saturated rings. The van der Waals surface area contributed by atoms with Crippen LogP contribution in [0.1, 0.15) is 31.4 Å². The van der Waals surface area contributed by atoms with Crippen LogP contribution in [0.5, 0.6) is 0 Å². The third kappa shape index (κ3) is 4.20. The molecule has 0 aliphatic rings. The van der Waals surface area contributed by atoms with Crippen LogP contribution in [0.3, 0.4) is 0 Å². The van der Waals surface area contributed by atoms with Gasteiger partial charge in [0, 0.05) is 11.7 Å². The average Bonchev–Trinajstić information content (AvgIpc) is 2.27. The first-order valence-electron chi connectivity index (χ1n) is 6.12. The second-order valence-electron chi connectivity index (χ2n) is 4.61. The van der Waals surface area contributed by atoms with E-state index >= 15 is 0 Å². The van der Waals surface area contributed by atoms with E-state index in [-0.39, 0.29) is 6.04 Å². The van der Waals surface area contributed by atoms with E-state index in [4.69, 9.17) is 0 Å². The van der Waals surface area contributed by atoms with Crippen molar-refractivity contribution in [3.8, 4) is 0 Å². The second kappa shape index (κ2) is 6.19. The SMILES string of the molecule is CC[C@@H](C)NC(=O)C(=O)Nc1cc(C)cc(C)c1. The standard InChI is InChI=1S/C14H20N2O2/c1-5-11(4)15-13(17)14(18)16-12-7-9(2)6-10(3)8-12/h6-8,11H,5H2,1-4H3,(H,15,17)(H,16,18)/t11-/m1/s1. The highest BCUT2D eigenvalue weighted by Gasteiger charge is 2.15. The minimum atomic E-state index is -0.625. The summed E-state index contributed by atoms with van der Waals surface area (Å²) in [6.45, 7) is 7.71. The number of anilines is 1. The summed E-state index contributed by atoms with van der Waals surface area (Å²) in [6, 6.07) is 5.68. The number of hydrogen-bond acceptors (Lipinski definition) is 2. The fourth-order valence-electron chi connectivity index (χ4n) is 1.63. The molecular weight excluding hydrogens is 228 g/mol. The fraction of sp³-hybridized carbons (Fsp3) is 0.429. The number of carbonyl (C=O) groups is 2. The van der Waals surface area contributed by atoms with Crippen molar-refractivity contribution in [1.29, 1.82) is 0 Å². The van der Waals surface area contributed by atoms with Crippen LogP contribution in [0.4, 0.5) is 5.69 Å². The van der Waals surface area contributed by atoms with Crippen molar-refractivity contribution in [3.63, 3.8) is 0 Å². The van der Waals surface area contributed by atoms with E-state index in [1.54, 1.807) is 0 Å². The Labute approximate surface area is 108 Å². The Kier molecular flexibility index (Phi) is 4.89. The van der Waals surface area contributed by atoms with Gasteiger partial charge in [0.05, 0.1) is 0 Å². The summed E-state index contributed by atoms with van der Waals surface area (Å²) < 4.78 is 0. The lowest BCUT2D eigenvalue weighted by Crippen LogP contribution is -2.40. The molecule has 1 rings (SSSR count). The van der Waals surface area contributed by atoms with Gasteiger partial charge < -0.3 is 10.6 Å². The van der Waals surface area contributed by atoms with Gasteiger partial charge in [0.2, 0.25) is 0 Å². The van der Waals surface area contributed by atoms with Crippen LogP contribution in [0.2, 0.25) is 0 Å². The van der Waals surface area contributed by atoms with E-state index in [1.807, 2.05) is 45.9 Å². The molecule has 2 amide bonds. The van der Waals surface area contributed by atoms with E-state index in [1.165, 1.54) is 0 Å². The zero-order chi connectivity index (χ0) is 13.7. The molecule has 0 spiro atoms. The lowest BCUT2D eigenvalue weighted by Gasteiger charge is -2.11. The Morgan fingerprint density at radius 1 is 1.11 bits per heavy atom. The van der Waals surface area contributed by atoms with Crippen molar-refractivity contribution in [2.45, 2.75) is 40.2 Å². The van der Waals surface area contributed by atoms with Gasteiger partial charge in [-0.05, 0) is 50.5 Å². The number of nitrogens with one attached hydrogen (secondary N) is 2. The van der Waals surface area contributed by atoms with Gasteiger partial charge in [0.1, 0.15) is 0 Å². The molecule has 1 aromatic carbocycles. The summed E-state index contributed by atoms with van der Waals surface area (Å²) in [5.41, 5.74) is 2.75. The molecule has 0 heterocycles. The number of amides is 2. The third-order valence-electron chi connectivity index (χ3n) is 2.68. The largest absolute Gasteiger partial charge is 0.345 e. The quantitative estimate of drug-likeness (QED) is 0.805. The van der Waals surface area contributed by atoms with Gasteiger partial charge in [-0.2, -0.15) is 0 Å². The van der Waals surface area contributed by atoms with Gasteiger partial charge in [-0.15, -0.1) is 0 Å². The molecule has 2 N–H and O–H groups in total. The van der Waals surface area contributed by atoms with E-state index in [2.05, 4.69) is 10.6 Å². The van der Waals surface area contributed by atoms with Crippen LogP contribution in [0.15, 0.2) is 18.2 Å². The van der Waals surface area contributed by atoms with E-state index in [0.29, 0.717) is 5.69 Å². The minimum Gasteiger partial charge on any atom is -0.345 e.